The fourth-order valence-corrected chi connectivity index (χ4v) is 3.60. The number of carbonyl (C=O) groups is 3. The van der Waals surface area contributed by atoms with Crippen LogP contribution in [0.2, 0.25) is 0 Å². The van der Waals surface area contributed by atoms with E-state index in [0.717, 1.165) is 5.69 Å². The smallest absolute Gasteiger partial charge is 0.294 e. The molecular formula is C23H17N3O5. The van der Waals surface area contributed by atoms with Crippen LogP contribution < -0.4 is 10.2 Å². The molecule has 0 fully saturated rings. The van der Waals surface area contributed by atoms with Crippen LogP contribution in [-0.2, 0) is 0 Å². The van der Waals surface area contributed by atoms with Gasteiger partial charge in [-0.25, -0.2) is 0 Å². The summed E-state index contributed by atoms with van der Waals surface area (Å²) in [5, 5.41) is 14.5. The summed E-state index contributed by atoms with van der Waals surface area (Å²) >= 11 is 0. The average Bonchev–Trinajstić information content (AvgIpc) is 2.76. The third-order valence-electron chi connectivity index (χ3n) is 5.11. The Morgan fingerprint density at radius 2 is 1.58 bits per heavy atom. The summed E-state index contributed by atoms with van der Waals surface area (Å²) in [6.45, 7) is 0. The molecule has 0 unspecified atom stereocenters. The lowest BCUT2D eigenvalue weighted by Gasteiger charge is -2.18. The number of nitro benzene ring substituents is 1. The molecule has 0 aliphatic heterocycles. The second kappa shape index (κ2) is 7.49. The highest BCUT2D eigenvalue weighted by molar-refractivity contribution is 6.30. The van der Waals surface area contributed by atoms with Crippen LogP contribution in [0.25, 0.3) is 0 Å². The van der Waals surface area contributed by atoms with Crippen molar-refractivity contribution in [3.05, 3.63) is 98.6 Å². The molecule has 3 aromatic carbocycles. The second-order valence-corrected chi connectivity index (χ2v) is 7.24. The van der Waals surface area contributed by atoms with Crippen LogP contribution in [0.5, 0.6) is 0 Å². The van der Waals surface area contributed by atoms with Crippen molar-refractivity contribution in [3.63, 3.8) is 0 Å². The number of anilines is 2. The fraction of sp³-hybridized carbons (Fsp3) is 0.0870. The summed E-state index contributed by atoms with van der Waals surface area (Å²) in [5.41, 5.74) is 0.133. The van der Waals surface area contributed by atoms with Crippen molar-refractivity contribution in [2.75, 3.05) is 24.3 Å². The first kappa shape index (κ1) is 20.0. The number of hydrogen-bond acceptors (Lipinski definition) is 6. The SMILES string of the molecule is CN(C)c1cccc(NC(=O)c2ccc3c(c2[N+](=O)[O-])C(=O)c2ccccc2C3=O)c1. The van der Waals surface area contributed by atoms with E-state index in [1.165, 1.54) is 24.3 Å². The highest BCUT2D eigenvalue weighted by atomic mass is 16.6. The van der Waals surface area contributed by atoms with Crippen molar-refractivity contribution >= 4 is 34.5 Å². The molecule has 0 aromatic heterocycles. The number of nitro groups is 1. The van der Waals surface area contributed by atoms with Gasteiger partial charge in [0.25, 0.3) is 11.6 Å². The summed E-state index contributed by atoms with van der Waals surface area (Å²) in [7, 11) is 3.69. The van der Waals surface area contributed by atoms with Gasteiger partial charge in [-0.05, 0) is 30.3 Å². The third-order valence-corrected chi connectivity index (χ3v) is 5.11. The van der Waals surface area contributed by atoms with E-state index in [-0.39, 0.29) is 27.8 Å². The molecule has 0 spiro atoms. The number of nitrogens with one attached hydrogen (secondary N) is 1. The van der Waals surface area contributed by atoms with Crippen LogP contribution in [0.3, 0.4) is 0 Å². The Balaban J connectivity index is 1.81. The highest BCUT2D eigenvalue weighted by Gasteiger charge is 2.38. The van der Waals surface area contributed by atoms with Crippen LogP contribution in [0.15, 0.2) is 60.7 Å². The fourth-order valence-electron chi connectivity index (χ4n) is 3.60. The van der Waals surface area contributed by atoms with E-state index in [4.69, 9.17) is 0 Å². The number of hydrogen-bond donors (Lipinski definition) is 1. The van der Waals surface area contributed by atoms with Gasteiger partial charge in [0, 0.05) is 42.2 Å². The van der Waals surface area contributed by atoms with E-state index in [1.807, 2.05) is 25.1 Å². The Kier molecular flexibility index (Phi) is 4.82. The van der Waals surface area contributed by atoms with Gasteiger partial charge in [-0.3, -0.25) is 24.5 Å². The monoisotopic (exact) mass is 415 g/mol. The minimum atomic E-state index is -0.789. The van der Waals surface area contributed by atoms with E-state index in [0.29, 0.717) is 5.69 Å². The Labute approximate surface area is 177 Å². The van der Waals surface area contributed by atoms with Crippen molar-refractivity contribution in [3.8, 4) is 0 Å². The second-order valence-electron chi connectivity index (χ2n) is 7.24. The molecule has 4 rings (SSSR count). The molecule has 3 aromatic rings. The van der Waals surface area contributed by atoms with Crippen LogP contribution in [-0.4, -0.2) is 36.5 Å². The van der Waals surface area contributed by atoms with Gasteiger partial charge in [0.2, 0.25) is 5.78 Å². The molecule has 8 nitrogen and oxygen atoms in total. The lowest BCUT2D eigenvalue weighted by molar-refractivity contribution is -0.385. The number of fused-ring (bicyclic) bond motifs is 2. The third kappa shape index (κ3) is 3.33. The Morgan fingerprint density at radius 3 is 2.23 bits per heavy atom. The molecule has 0 heterocycles. The molecule has 1 N–H and O–H groups in total. The summed E-state index contributed by atoms with van der Waals surface area (Å²) in [5.74, 6) is -1.88. The first-order valence-electron chi connectivity index (χ1n) is 9.38. The van der Waals surface area contributed by atoms with Gasteiger partial charge in [0.1, 0.15) is 11.1 Å². The number of benzene rings is 3. The van der Waals surface area contributed by atoms with Crippen molar-refractivity contribution < 1.29 is 19.3 Å². The molecule has 8 heteroatoms. The van der Waals surface area contributed by atoms with Crippen molar-refractivity contribution in [1.82, 2.24) is 0 Å². The maximum absolute atomic E-state index is 13.0. The van der Waals surface area contributed by atoms with Gasteiger partial charge in [-0.1, -0.05) is 30.3 Å². The number of nitrogens with zero attached hydrogens (tertiary/aromatic N) is 2. The summed E-state index contributed by atoms with van der Waals surface area (Å²) in [6, 6.07) is 15.6. The van der Waals surface area contributed by atoms with Gasteiger partial charge in [0.15, 0.2) is 5.78 Å². The molecule has 0 radical (unpaired) electrons. The molecule has 0 saturated heterocycles. The van der Waals surface area contributed by atoms with E-state index in [2.05, 4.69) is 5.32 Å². The number of amides is 1. The largest absolute Gasteiger partial charge is 0.378 e. The van der Waals surface area contributed by atoms with Crippen LogP contribution >= 0.6 is 0 Å². The average molecular weight is 415 g/mol. The quantitative estimate of drug-likeness (QED) is 0.402. The minimum absolute atomic E-state index is 0.0819. The Bertz CT molecular complexity index is 1280. The molecule has 0 saturated carbocycles. The van der Waals surface area contributed by atoms with Crippen LogP contribution in [0, 0.1) is 10.1 Å². The zero-order valence-corrected chi connectivity index (χ0v) is 16.7. The summed E-state index contributed by atoms with van der Waals surface area (Å²) < 4.78 is 0. The Hall–Kier alpha value is -4.33. The molecule has 0 atom stereocenters. The number of ketones is 2. The normalized spacial score (nSPS) is 12.1. The summed E-state index contributed by atoms with van der Waals surface area (Å²) in [6.07, 6.45) is 0. The summed E-state index contributed by atoms with van der Waals surface area (Å²) in [4.78, 5) is 51.7. The number of carbonyl (C=O) groups excluding carboxylic acids is 3. The standard InChI is InChI=1S/C23H17N3O5/c1-25(2)14-7-5-6-13(12-14)24-23(29)18-11-10-17-19(20(18)26(30)31)22(28)16-9-4-3-8-15(16)21(17)27/h3-12H,1-2H3,(H,24,29). The van der Waals surface area contributed by atoms with Crippen LogP contribution in [0.1, 0.15) is 42.2 Å². The van der Waals surface area contributed by atoms with E-state index < -0.39 is 28.1 Å². The molecule has 31 heavy (non-hydrogen) atoms. The predicted molar refractivity (Wildman–Crippen MR) is 115 cm³/mol. The molecule has 1 aliphatic carbocycles. The molecular weight excluding hydrogens is 398 g/mol. The predicted octanol–water partition coefficient (Wildman–Crippen LogP) is 3.69. The minimum Gasteiger partial charge on any atom is -0.378 e. The van der Waals surface area contributed by atoms with Crippen molar-refractivity contribution in [2.45, 2.75) is 0 Å². The zero-order valence-electron chi connectivity index (χ0n) is 16.7. The number of rotatable bonds is 4. The van der Waals surface area contributed by atoms with E-state index in [1.54, 1.807) is 30.3 Å². The molecule has 0 bridgehead atoms. The lowest BCUT2D eigenvalue weighted by Crippen LogP contribution is -2.24. The van der Waals surface area contributed by atoms with Crippen LogP contribution in [0.4, 0.5) is 17.1 Å². The zero-order chi connectivity index (χ0) is 22.3. The molecule has 154 valence electrons. The first-order valence-corrected chi connectivity index (χ1v) is 9.38. The van der Waals surface area contributed by atoms with Gasteiger partial charge >= 0.3 is 0 Å². The maximum atomic E-state index is 13.0. The van der Waals surface area contributed by atoms with Gasteiger partial charge in [0.05, 0.1) is 4.92 Å². The van der Waals surface area contributed by atoms with Crippen molar-refractivity contribution in [2.24, 2.45) is 0 Å². The van der Waals surface area contributed by atoms with Crippen molar-refractivity contribution in [1.29, 1.82) is 0 Å². The lowest BCUT2D eigenvalue weighted by atomic mass is 9.82. The van der Waals surface area contributed by atoms with E-state index in [9.17, 15) is 24.5 Å². The van der Waals surface area contributed by atoms with Gasteiger partial charge in [-0.15, -0.1) is 0 Å². The first-order chi connectivity index (χ1) is 14.8. The maximum Gasteiger partial charge on any atom is 0.294 e. The van der Waals surface area contributed by atoms with Gasteiger partial charge < -0.3 is 10.2 Å². The molecule has 1 amide bonds. The van der Waals surface area contributed by atoms with Gasteiger partial charge in [-0.2, -0.15) is 0 Å². The molecule has 1 aliphatic rings. The Morgan fingerprint density at radius 1 is 0.903 bits per heavy atom. The van der Waals surface area contributed by atoms with E-state index >= 15 is 0 Å². The highest BCUT2D eigenvalue weighted by Crippen LogP contribution is 2.35. The topological polar surface area (TPSA) is 110 Å².